The molecule has 0 bridgehead atoms. The molecule has 0 radical (unpaired) electrons. The first-order valence-electron chi connectivity index (χ1n) is 10.5. The van der Waals surface area contributed by atoms with Gasteiger partial charge in [-0.3, -0.25) is 0 Å². The van der Waals surface area contributed by atoms with E-state index in [0.717, 1.165) is 48.4 Å². The Morgan fingerprint density at radius 2 is 1.93 bits per heavy atom. The fourth-order valence-corrected chi connectivity index (χ4v) is 4.28. The monoisotopic (exact) mass is 546 g/mol. The second-order valence-corrected chi connectivity index (χ2v) is 8.04. The van der Waals surface area contributed by atoms with Crippen molar-refractivity contribution in [3.8, 4) is 0 Å². The Kier molecular flexibility index (Phi) is 10.9. The molecule has 1 heterocycles. The van der Waals surface area contributed by atoms with Crippen molar-refractivity contribution in [1.29, 1.82) is 0 Å². The van der Waals surface area contributed by atoms with E-state index in [-0.39, 0.29) is 29.8 Å². The second kappa shape index (κ2) is 13.1. The summed E-state index contributed by atoms with van der Waals surface area (Å²) < 4.78 is 15.4. The lowest BCUT2D eigenvalue weighted by Crippen LogP contribution is -2.37. The van der Waals surface area contributed by atoms with Crippen LogP contribution < -0.4 is 10.6 Å². The van der Waals surface area contributed by atoms with E-state index in [2.05, 4.69) is 36.6 Å². The molecule has 166 valence electrons. The van der Waals surface area contributed by atoms with E-state index in [4.69, 9.17) is 0 Å². The standard InChI is InChI=1S/C21H31FN6S.HI/c1-3-23-20(25-15-16-10-12-17(22)13-11-16)24-14-6-9-19-26-27-21(29-2)28(19)18-7-4-5-8-18;/h10-13,18H,3-9,14-15H2,1-2H3,(H2,23,24,25);1H. The van der Waals surface area contributed by atoms with Crippen molar-refractivity contribution in [3.05, 3.63) is 41.5 Å². The predicted octanol–water partition coefficient (Wildman–Crippen LogP) is 4.56. The highest BCUT2D eigenvalue weighted by Crippen LogP contribution is 2.33. The molecule has 0 saturated heterocycles. The molecule has 0 aliphatic heterocycles. The molecular weight excluding hydrogens is 514 g/mol. The Labute approximate surface area is 199 Å². The lowest BCUT2D eigenvalue weighted by Gasteiger charge is -2.16. The van der Waals surface area contributed by atoms with Crippen LogP contribution in [0, 0.1) is 5.82 Å². The van der Waals surface area contributed by atoms with Gasteiger partial charge in [-0.1, -0.05) is 36.7 Å². The number of halogens is 2. The molecule has 0 spiro atoms. The van der Waals surface area contributed by atoms with Crippen molar-refractivity contribution >= 4 is 41.7 Å². The summed E-state index contributed by atoms with van der Waals surface area (Å²) in [5.41, 5.74) is 0.984. The number of aliphatic imine (C=N–C) groups is 1. The van der Waals surface area contributed by atoms with Crippen molar-refractivity contribution in [3.63, 3.8) is 0 Å². The third-order valence-corrected chi connectivity index (χ3v) is 5.80. The van der Waals surface area contributed by atoms with Crippen LogP contribution >= 0.6 is 35.7 Å². The second-order valence-electron chi connectivity index (χ2n) is 7.26. The summed E-state index contributed by atoms with van der Waals surface area (Å²) in [7, 11) is 0. The zero-order valence-corrected chi connectivity index (χ0v) is 20.9. The number of aromatic nitrogens is 3. The van der Waals surface area contributed by atoms with E-state index in [1.165, 1.54) is 37.8 Å². The number of nitrogens with one attached hydrogen (secondary N) is 2. The number of aryl methyl sites for hydroxylation is 1. The van der Waals surface area contributed by atoms with Crippen LogP contribution in [0.3, 0.4) is 0 Å². The summed E-state index contributed by atoms with van der Waals surface area (Å²) >= 11 is 1.68. The van der Waals surface area contributed by atoms with Gasteiger partial charge in [0.1, 0.15) is 11.6 Å². The highest BCUT2D eigenvalue weighted by molar-refractivity contribution is 14.0. The molecule has 1 aliphatic rings. The Morgan fingerprint density at radius 3 is 2.60 bits per heavy atom. The van der Waals surface area contributed by atoms with E-state index in [9.17, 15) is 4.39 Å². The van der Waals surface area contributed by atoms with Gasteiger partial charge in [-0.2, -0.15) is 0 Å². The first-order valence-corrected chi connectivity index (χ1v) is 11.7. The van der Waals surface area contributed by atoms with Crippen LogP contribution in [0.2, 0.25) is 0 Å². The molecule has 0 unspecified atom stereocenters. The predicted molar refractivity (Wildman–Crippen MR) is 132 cm³/mol. The highest BCUT2D eigenvalue weighted by atomic mass is 127. The third-order valence-electron chi connectivity index (χ3n) is 5.15. The van der Waals surface area contributed by atoms with Crippen molar-refractivity contribution in [2.45, 2.75) is 63.2 Å². The minimum atomic E-state index is -0.224. The molecule has 9 heteroatoms. The first kappa shape index (κ1) is 24.9. The minimum Gasteiger partial charge on any atom is -0.357 e. The molecule has 0 amide bonds. The molecule has 1 aliphatic carbocycles. The average molecular weight is 546 g/mol. The van der Waals surface area contributed by atoms with Gasteiger partial charge in [-0.05, 0) is 50.1 Å². The number of thioether (sulfide) groups is 1. The van der Waals surface area contributed by atoms with Gasteiger partial charge < -0.3 is 15.2 Å². The van der Waals surface area contributed by atoms with E-state index >= 15 is 0 Å². The van der Waals surface area contributed by atoms with Crippen molar-refractivity contribution in [2.75, 3.05) is 19.3 Å². The van der Waals surface area contributed by atoms with Gasteiger partial charge in [0, 0.05) is 25.6 Å². The van der Waals surface area contributed by atoms with Gasteiger partial charge >= 0.3 is 0 Å². The Balaban J connectivity index is 0.00000320. The lowest BCUT2D eigenvalue weighted by atomic mass is 10.2. The fraction of sp³-hybridized carbons (Fsp3) is 0.571. The molecule has 3 rings (SSSR count). The quantitative estimate of drug-likeness (QED) is 0.159. The zero-order chi connectivity index (χ0) is 20.5. The summed E-state index contributed by atoms with van der Waals surface area (Å²) in [5, 5.41) is 16.5. The van der Waals surface area contributed by atoms with Crippen molar-refractivity contribution in [2.24, 2.45) is 4.99 Å². The maximum Gasteiger partial charge on any atom is 0.191 e. The smallest absolute Gasteiger partial charge is 0.191 e. The lowest BCUT2D eigenvalue weighted by molar-refractivity contribution is 0.460. The van der Waals surface area contributed by atoms with E-state index in [0.29, 0.717) is 12.6 Å². The maximum atomic E-state index is 13.0. The largest absolute Gasteiger partial charge is 0.357 e. The summed E-state index contributed by atoms with van der Waals surface area (Å²) in [5.74, 6) is 1.65. The summed E-state index contributed by atoms with van der Waals surface area (Å²) in [4.78, 5) is 4.59. The van der Waals surface area contributed by atoms with Crippen LogP contribution in [-0.2, 0) is 13.0 Å². The van der Waals surface area contributed by atoms with Crippen LogP contribution in [0.15, 0.2) is 34.4 Å². The molecule has 1 aromatic carbocycles. The summed E-state index contributed by atoms with van der Waals surface area (Å²) in [6.45, 7) is 4.16. The average Bonchev–Trinajstić information content (AvgIpc) is 3.39. The summed E-state index contributed by atoms with van der Waals surface area (Å²) in [6, 6.07) is 7.02. The topological polar surface area (TPSA) is 67.1 Å². The molecule has 30 heavy (non-hydrogen) atoms. The van der Waals surface area contributed by atoms with E-state index < -0.39 is 0 Å². The Hall–Kier alpha value is -1.36. The number of benzene rings is 1. The van der Waals surface area contributed by atoms with Gasteiger partial charge in [0.15, 0.2) is 11.1 Å². The number of guanidine groups is 1. The molecule has 0 atom stereocenters. The number of hydrogen-bond acceptors (Lipinski definition) is 4. The normalized spacial score (nSPS) is 14.6. The van der Waals surface area contributed by atoms with Crippen LogP contribution in [0.5, 0.6) is 0 Å². The number of nitrogens with zero attached hydrogens (tertiary/aromatic N) is 4. The highest BCUT2D eigenvalue weighted by Gasteiger charge is 2.23. The van der Waals surface area contributed by atoms with Crippen LogP contribution in [-0.4, -0.2) is 40.1 Å². The number of hydrogen-bond donors (Lipinski definition) is 2. The van der Waals surface area contributed by atoms with Gasteiger partial charge in [-0.25, -0.2) is 9.38 Å². The minimum absolute atomic E-state index is 0. The van der Waals surface area contributed by atoms with Crippen LogP contribution in [0.4, 0.5) is 4.39 Å². The van der Waals surface area contributed by atoms with Gasteiger partial charge in [0.05, 0.1) is 6.54 Å². The Bertz CT molecular complexity index is 789. The van der Waals surface area contributed by atoms with Crippen molar-refractivity contribution in [1.82, 2.24) is 25.4 Å². The van der Waals surface area contributed by atoms with Crippen LogP contribution in [0.1, 0.15) is 56.5 Å². The Morgan fingerprint density at radius 1 is 1.20 bits per heavy atom. The first-order chi connectivity index (χ1) is 14.2. The molecule has 1 aromatic heterocycles. The van der Waals surface area contributed by atoms with Crippen molar-refractivity contribution < 1.29 is 4.39 Å². The maximum absolute atomic E-state index is 13.0. The zero-order valence-electron chi connectivity index (χ0n) is 17.7. The van der Waals surface area contributed by atoms with Gasteiger partial charge in [0.2, 0.25) is 0 Å². The SMILES string of the molecule is CCNC(=NCc1ccc(F)cc1)NCCCc1nnc(SC)n1C1CCCC1.I. The molecule has 1 saturated carbocycles. The van der Waals surface area contributed by atoms with Gasteiger partial charge in [-0.15, -0.1) is 34.2 Å². The third kappa shape index (κ3) is 7.11. The van der Waals surface area contributed by atoms with Gasteiger partial charge in [0.25, 0.3) is 0 Å². The van der Waals surface area contributed by atoms with E-state index in [1.54, 1.807) is 23.9 Å². The van der Waals surface area contributed by atoms with Crippen LogP contribution in [0.25, 0.3) is 0 Å². The van der Waals surface area contributed by atoms with E-state index in [1.807, 2.05) is 6.92 Å². The molecule has 2 N–H and O–H groups in total. The number of rotatable bonds is 9. The molecule has 2 aromatic rings. The molecule has 1 fully saturated rings. The molecule has 6 nitrogen and oxygen atoms in total. The fourth-order valence-electron chi connectivity index (χ4n) is 3.70. The summed E-state index contributed by atoms with van der Waals surface area (Å²) in [6.07, 6.45) is 8.99. The molecular formula is C21H32FIN6S.